The van der Waals surface area contributed by atoms with Crippen molar-refractivity contribution >= 4 is 23.4 Å². The molecule has 0 radical (unpaired) electrons. The number of benzene rings is 2. The van der Waals surface area contributed by atoms with Crippen LogP contribution in [0.15, 0.2) is 48.5 Å². The van der Waals surface area contributed by atoms with Gasteiger partial charge in [0.2, 0.25) is 0 Å². The molecule has 0 aliphatic carbocycles. The molecule has 0 saturated carbocycles. The molecule has 0 aromatic heterocycles. The Balaban J connectivity index is 1.63. The van der Waals surface area contributed by atoms with Gasteiger partial charge in [-0.05, 0) is 30.2 Å². The summed E-state index contributed by atoms with van der Waals surface area (Å²) >= 11 is 5.82. The monoisotopic (exact) mass is 376 g/mol. The average Bonchev–Trinajstić information content (AvgIpc) is 2.64. The van der Waals surface area contributed by atoms with E-state index in [1.807, 2.05) is 30.3 Å². The first-order valence-electron chi connectivity index (χ1n) is 8.17. The molecule has 0 heterocycles. The number of halogens is 1. The SMILES string of the molecule is NC(=O)c1cc(Cl)ccc1OCC(=O)NCCCOCc1ccccc1. The fourth-order valence-electron chi connectivity index (χ4n) is 2.18. The van der Waals surface area contributed by atoms with Crippen molar-refractivity contribution in [1.82, 2.24) is 5.32 Å². The summed E-state index contributed by atoms with van der Waals surface area (Å²) in [5.74, 6) is -0.736. The lowest BCUT2D eigenvalue weighted by Crippen LogP contribution is -2.30. The van der Waals surface area contributed by atoms with Crippen LogP contribution in [-0.2, 0) is 16.1 Å². The predicted molar refractivity (Wildman–Crippen MR) is 99.2 cm³/mol. The molecule has 3 N–H and O–H groups in total. The highest BCUT2D eigenvalue weighted by Crippen LogP contribution is 2.22. The first kappa shape index (κ1) is 19.8. The zero-order valence-electron chi connectivity index (χ0n) is 14.2. The third-order valence-corrected chi connectivity index (χ3v) is 3.70. The second-order valence-corrected chi connectivity index (χ2v) is 5.97. The lowest BCUT2D eigenvalue weighted by atomic mass is 10.2. The van der Waals surface area contributed by atoms with Crippen LogP contribution in [0.1, 0.15) is 22.3 Å². The number of primary amides is 1. The van der Waals surface area contributed by atoms with Gasteiger partial charge in [0, 0.05) is 18.2 Å². The Morgan fingerprint density at radius 1 is 1.12 bits per heavy atom. The van der Waals surface area contributed by atoms with Crippen molar-refractivity contribution < 1.29 is 19.1 Å². The Kier molecular flexibility index (Phi) is 7.92. The third-order valence-electron chi connectivity index (χ3n) is 3.47. The Bertz CT molecular complexity index is 738. The number of hydrogen-bond donors (Lipinski definition) is 2. The number of nitrogens with one attached hydrogen (secondary N) is 1. The van der Waals surface area contributed by atoms with Gasteiger partial charge >= 0.3 is 0 Å². The summed E-state index contributed by atoms with van der Waals surface area (Å²) in [4.78, 5) is 23.2. The molecule has 26 heavy (non-hydrogen) atoms. The van der Waals surface area contributed by atoms with Crippen LogP contribution in [0.25, 0.3) is 0 Å². The van der Waals surface area contributed by atoms with Crippen LogP contribution >= 0.6 is 11.6 Å². The van der Waals surface area contributed by atoms with Crippen molar-refractivity contribution in [1.29, 1.82) is 0 Å². The van der Waals surface area contributed by atoms with Gasteiger partial charge in [-0.3, -0.25) is 9.59 Å². The number of amides is 2. The van der Waals surface area contributed by atoms with E-state index in [1.165, 1.54) is 12.1 Å². The maximum atomic E-state index is 11.8. The summed E-state index contributed by atoms with van der Waals surface area (Å²) in [7, 11) is 0. The summed E-state index contributed by atoms with van der Waals surface area (Å²) in [5, 5.41) is 3.09. The molecule has 6 nitrogen and oxygen atoms in total. The molecule has 0 unspecified atom stereocenters. The van der Waals surface area contributed by atoms with Gasteiger partial charge in [-0.25, -0.2) is 0 Å². The van der Waals surface area contributed by atoms with E-state index < -0.39 is 5.91 Å². The minimum Gasteiger partial charge on any atom is -0.483 e. The smallest absolute Gasteiger partial charge is 0.257 e. The minimum atomic E-state index is -0.668. The van der Waals surface area contributed by atoms with Crippen LogP contribution in [0.2, 0.25) is 5.02 Å². The van der Waals surface area contributed by atoms with Gasteiger partial charge in [-0.1, -0.05) is 41.9 Å². The minimum absolute atomic E-state index is 0.139. The summed E-state index contributed by atoms with van der Waals surface area (Å²) in [6.45, 7) is 1.34. The number of carbonyl (C=O) groups is 2. The molecule has 2 aromatic carbocycles. The summed E-state index contributed by atoms with van der Waals surface area (Å²) < 4.78 is 10.9. The van der Waals surface area contributed by atoms with Crippen molar-refractivity contribution in [2.75, 3.05) is 19.8 Å². The standard InChI is InChI=1S/C19H21ClN2O4/c20-15-7-8-17(16(11-15)19(21)24)26-13-18(23)22-9-4-10-25-12-14-5-2-1-3-6-14/h1-3,5-8,11H,4,9-10,12-13H2,(H2,21,24)(H,22,23). The second kappa shape index (κ2) is 10.4. The Labute approximate surface area is 157 Å². The van der Waals surface area contributed by atoms with Crippen molar-refractivity contribution in [3.8, 4) is 5.75 Å². The van der Waals surface area contributed by atoms with Crippen LogP contribution in [0.4, 0.5) is 0 Å². The van der Waals surface area contributed by atoms with Gasteiger partial charge in [-0.2, -0.15) is 0 Å². The van der Waals surface area contributed by atoms with E-state index in [-0.39, 0.29) is 23.8 Å². The van der Waals surface area contributed by atoms with Gasteiger partial charge in [0.05, 0.1) is 12.2 Å². The third kappa shape index (κ3) is 6.74. The first-order valence-corrected chi connectivity index (χ1v) is 8.54. The maximum Gasteiger partial charge on any atom is 0.257 e. The largest absolute Gasteiger partial charge is 0.483 e. The zero-order chi connectivity index (χ0) is 18.8. The molecule has 2 rings (SSSR count). The molecular formula is C19H21ClN2O4. The topological polar surface area (TPSA) is 90.7 Å². The van der Waals surface area contributed by atoms with Crippen molar-refractivity contribution in [3.05, 3.63) is 64.7 Å². The Morgan fingerprint density at radius 2 is 1.88 bits per heavy atom. The van der Waals surface area contributed by atoms with E-state index in [0.29, 0.717) is 31.2 Å². The summed E-state index contributed by atoms with van der Waals surface area (Å²) in [6.07, 6.45) is 0.687. The summed E-state index contributed by atoms with van der Waals surface area (Å²) in [6, 6.07) is 14.3. The fraction of sp³-hybridized carbons (Fsp3) is 0.263. The molecular weight excluding hydrogens is 356 g/mol. The van der Waals surface area contributed by atoms with Gasteiger partial charge < -0.3 is 20.5 Å². The highest BCUT2D eigenvalue weighted by molar-refractivity contribution is 6.31. The maximum absolute atomic E-state index is 11.8. The molecule has 0 spiro atoms. The van der Waals surface area contributed by atoms with E-state index in [4.69, 9.17) is 26.8 Å². The van der Waals surface area contributed by atoms with Gasteiger partial charge in [0.1, 0.15) is 5.75 Å². The van der Waals surface area contributed by atoms with Crippen LogP contribution in [0, 0.1) is 0 Å². The average molecular weight is 377 g/mol. The van der Waals surface area contributed by atoms with E-state index in [1.54, 1.807) is 6.07 Å². The lowest BCUT2D eigenvalue weighted by Gasteiger charge is -2.10. The molecule has 0 bridgehead atoms. The Hall–Kier alpha value is -2.57. The number of rotatable bonds is 10. The molecule has 0 saturated heterocycles. The highest BCUT2D eigenvalue weighted by Gasteiger charge is 2.11. The van der Waals surface area contributed by atoms with Gasteiger partial charge in [0.15, 0.2) is 6.61 Å². The van der Waals surface area contributed by atoms with E-state index >= 15 is 0 Å². The molecule has 0 aliphatic rings. The van der Waals surface area contributed by atoms with Gasteiger partial charge in [0.25, 0.3) is 11.8 Å². The quantitative estimate of drug-likeness (QED) is 0.623. The van der Waals surface area contributed by atoms with Gasteiger partial charge in [-0.15, -0.1) is 0 Å². The predicted octanol–water partition coefficient (Wildman–Crippen LogP) is 2.54. The van der Waals surface area contributed by atoms with Crippen LogP contribution in [-0.4, -0.2) is 31.6 Å². The number of nitrogens with two attached hydrogens (primary N) is 1. The molecule has 7 heteroatoms. The highest BCUT2D eigenvalue weighted by atomic mass is 35.5. The van der Waals surface area contributed by atoms with E-state index in [9.17, 15) is 9.59 Å². The molecule has 2 amide bonds. The lowest BCUT2D eigenvalue weighted by molar-refractivity contribution is -0.123. The second-order valence-electron chi connectivity index (χ2n) is 5.54. The van der Waals surface area contributed by atoms with Crippen LogP contribution in [0.3, 0.4) is 0 Å². The first-order chi connectivity index (χ1) is 12.6. The molecule has 0 aliphatic heterocycles. The number of hydrogen-bond acceptors (Lipinski definition) is 4. The van der Waals surface area contributed by atoms with Crippen LogP contribution in [0.5, 0.6) is 5.75 Å². The molecule has 0 atom stereocenters. The Morgan fingerprint density at radius 3 is 2.62 bits per heavy atom. The van der Waals surface area contributed by atoms with Crippen molar-refractivity contribution in [2.24, 2.45) is 5.73 Å². The molecule has 138 valence electrons. The molecule has 2 aromatic rings. The van der Waals surface area contributed by atoms with E-state index in [2.05, 4.69) is 5.32 Å². The number of ether oxygens (including phenoxy) is 2. The number of carbonyl (C=O) groups excluding carboxylic acids is 2. The summed E-state index contributed by atoms with van der Waals surface area (Å²) in [5.41, 5.74) is 6.51. The van der Waals surface area contributed by atoms with Crippen molar-refractivity contribution in [3.63, 3.8) is 0 Å². The van der Waals surface area contributed by atoms with Crippen molar-refractivity contribution in [2.45, 2.75) is 13.0 Å². The normalized spacial score (nSPS) is 10.3. The van der Waals surface area contributed by atoms with E-state index in [0.717, 1.165) is 5.56 Å². The zero-order valence-corrected chi connectivity index (χ0v) is 15.0. The van der Waals surface area contributed by atoms with Crippen LogP contribution < -0.4 is 15.8 Å². The fourth-order valence-corrected chi connectivity index (χ4v) is 2.35. The molecule has 0 fully saturated rings.